The molecule has 0 aliphatic carbocycles. The van der Waals surface area contributed by atoms with Crippen LogP contribution in [0.3, 0.4) is 0 Å². The Morgan fingerprint density at radius 2 is 2.11 bits per heavy atom. The fraction of sp³-hybridized carbons (Fsp3) is 0.478. The second-order valence-corrected chi connectivity index (χ2v) is 9.30. The van der Waals surface area contributed by atoms with Gasteiger partial charge in [-0.25, -0.2) is 18.9 Å². The van der Waals surface area contributed by atoms with Crippen molar-refractivity contribution in [3.8, 4) is 17.1 Å². The summed E-state index contributed by atoms with van der Waals surface area (Å²) in [7, 11) is 1.31. The van der Waals surface area contributed by atoms with Crippen LogP contribution in [0.5, 0.6) is 5.88 Å². The molecule has 1 amide bonds. The van der Waals surface area contributed by atoms with E-state index < -0.39 is 35.4 Å². The minimum absolute atomic E-state index is 0.00112. The van der Waals surface area contributed by atoms with E-state index >= 15 is 0 Å². The Balaban J connectivity index is 1.43. The van der Waals surface area contributed by atoms with Gasteiger partial charge >= 0.3 is 6.18 Å². The molecule has 3 aromatic rings. The maximum Gasteiger partial charge on any atom is 0.418 e. The van der Waals surface area contributed by atoms with E-state index in [9.17, 15) is 22.4 Å². The van der Waals surface area contributed by atoms with Crippen LogP contribution in [-0.2, 0) is 6.18 Å². The van der Waals surface area contributed by atoms with Crippen molar-refractivity contribution in [1.82, 2.24) is 35.1 Å². The van der Waals surface area contributed by atoms with Gasteiger partial charge in [-0.2, -0.15) is 18.3 Å². The summed E-state index contributed by atoms with van der Waals surface area (Å²) in [5.41, 5.74) is 4.41. The zero-order valence-corrected chi connectivity index (χ0v) is 19.9. The van der Waals surface area contributed by atoms with E-state index in [1.165, 1.54) is 19.4 Å². The van der Waals surface area contributed by atoms with Crippen molar-refractivity contribution in [3.63, 3.8) is 0 Å². The number of nitrogens with one attached hydrogen (secondary N) is 2. The van der Waals surface area contributed by atoms with Crippen LogP contribution in [0, 0.1) is 5.92 Å². The van der Waals surface area contributed by atoms with E-state index in [0.29, 0.717) is 12.5 Å². The third-order valence-electron chi connectivity index (χ3n) is 6.79. The van der Waals surface area contributed by atoms with Gasteiger partial charge in [0.25, 0.3) is 5.91 Å². The number of nitrogen functional groups attached to an aromatic ring is 1. The largest absolute Gasteiger partial charge is 0.480 e. The summed E-state index contributed by atoms with van der Waals surface area (Å²) in [6.07, 6.45) is -2.65. The first-order valence-electron chi connectivity index (χ1n) is 11.8. The highest BCUT2D eigenvalue weighted by Crippen LogP contribution is 2.39. The van der Waals surface area contributed by atoms with E-state index in [-0.39, 0.29) is 35.1 Å². The number of nitrogens with two attached hydrogens (primary N) is 1. The molecule has 2 aliphatic heterocycles. The number of methoxy groups -OCH3 is 1. The number of halogens is 4. The van der Waals surface area contributed by atoms with Crippen LogP contribution in [0.15, 0.2) is 24.7 Å². The number of anilines is 1. The van der Waals surface area contributed by atoms with Crippen LogP contribution in [0.2, 0.25) is 0 Å². The number of hydrogen-bond acceptors (Lipinski definition) is 8. The highest BCUT2D eigenvalue weighted by molar-refractivity contribution is 5.98. The minimum atomic E-state index is -4.72. The number of fused-ring (bicyclic) bond motifs is 1. The first kappa shape index (κ1) is 25.1. The fourth-order valence-electron chi connectivity index (χ4n) is 5.01. The van der Waals surface area contributed by atoms with E-state index in [2.05, 4.69) is 25.7 Å². The molecule has 5 heterocycles. The van der Waals surface area contributed by atoms with E-state index in [0.717, 1.165) is 43.0 Å². The number of rotatable bonds is 6. The standard InChI is InChI=1S/C23H26F4N8O2/c1-37-22-14(21(36)33-17-10-34(9-16(17)24)8-12-2-3-29-6-12)4-13(7-30-22)18-5-15(23(25,26)27)19-20(28)31-11-32-35(18)19/h4-5,7,11-12,16-17,29H,2-3,6,8-10H2,1H3,(H,33,36)(H2,28,31,32). The van der Waals surface area contributed by atoms with Crippen molar-refractivity contribution in [2.45, 2.75) is 24.8 Å². The van der Waals surface area contributed by atoms with Gasteiger partial charge in [0.05, 0.1) is 24.4 Å². The number of hydrogen-bond donors (Lipinski definition) is 3. The number of likely N-dealkylation sites (tertiary alicyclic amines) is 1. The molecule has 198 valence electrons. The highest BCUT2D eigenvalue weighted by atomic mass is 19.4. The predicted octanol–water partition coefficient (Wildman–Crippen LogP) is 1.76. The molecule has 0 saturated carbocycles. The maximum atomic E-state index is 14.8. The molecule has 2 saturated heterocycles. The van der Waals surface area contributed by atoms with Gasteiger partial charge in [-0.05, 0) is 37.6 Å². The lowest BCUT2D eigenvalue weighted by Gasteiger charge is -2.19. The summed E-state index contributed by atoms with van der Waals surface area (Å²) < 4.78 is 62.1. The zero-order chi connectivity index (χ0) is 26.3. The Labute approximate surface area is 209 Å². The number of carbonyl (C=O) groups is 1. The Hall–Kier alpha value is -3.52. The smallest absolute Gasteiger partial charge is 0.418 e. The van der Waals surface area contributed by atoms with Crippen LogP contribution in [0.4, 0.5) is 23.4 Å². The Bertz CT molecular complexity index is 1310. The van der Waals surface area contributed by atoms with Crippen LogP contribution in [0.25, 0.3) is 16.8 Å². The van der Waals surface area contributed by atoms with Gasteiger partial charge in [0.2, 0.25) is 5.88 Å². The van der Waals surface area contributed by atoms with Crippen molar-refractivity contribution < 1.29 is 27.1 Å². The van der Waals surface area contributed by atoms with Crippen molar-refractivity contribution >= 4 is 17.2 Å². The second kappa shape index (κ2) is 9.74. The Morgan fingerprint density at radius 1 is 1.30 bits per heavy atom. The van der Waals surface area contributed by atoms with Crippen LogP contribution in [-0.4, -0.2) is 82.4 Å². The van der Waals surface area contributed by atoms with Crippen molar-refractivity contribution in [2.24, 2.45) is 5.92 Å². The van der Waals surface area contributed by atoms with Crippen LogP contribution >= 0.6 is 0 Å². The lowest BCUT2D eigenvalue weighted by Crippen LogP contribution is -2.41. The highest BCUT2D eigenvalue weighted by Gasteiger charge is 2.38. The topological polar surface area (TPSA) is 123 Å². The summed E-state index contributed by atoms with van der Waals surface area (Å²) in [6, 6.07) is 1.47. The number of carbonyl (C=O) groups excluding carboxylic acids is 1. The van der Waals surface area contributed by atoms with Crippen molar-refractivity contribution in [2.75, 3.05) is 45.6 Å². The molecule has 4 N–H and O–H groups in total. The lowest BCUT2D eigenvalue weighted by molar-refractivity contribution is -0.136. The number of amides is 1. The summed E-state index contributed by atoms with van der Waals surface area (Å²) in [6.45, 7) is 3.15. The molecule has 2 fully saturated rings. The number of nitrogens with zero attached hydrogens (tertiary/aromatic N) is 5. The third kappa shape index (κ3) is 4.90. The second-order valence-electron chi connectivity index (χ2n) is 9.30. The summed E-state index contributed by atoms with van der Waals surface area (Å²) >= 11 is 0. The summed E-state index contributed by atoms with van der Waals surface area (Å²) in [5.74, 6) is -0.594. The molecule has 0 spiro atoms. The Morgan fingerprint density at radius 3 is 2.81 bits per heavy atom. The molecule has 3 unspecified atom stereocenters. The average molecular weight is 523 g/mol. The molecule has 0 bridgehead atoms. The molecule has 2 aliphatic rings. The van der Waals surface area contributed by atoms with Crippen molar-refractivity contribution in [3.05, 3.63) is 35.8 Å². The number of alkyl halides is 4. The summed E-state index contributed by atoms with van der Waals surface area (Å²) in [4.78, 5) is 23.0. The molecule has 0 aromatic carbocycles. The molecule has 14 heteroatoms. The maximum absolute atomic E-state index is 14.8. The average Bonchev–Trinajstić information content (AvgIpc) is 3.58. The molecule has 3 aromatic heterocycles. The molecule has 37 heavy (non-hydrogen) atoms. The van der Waals surface area contributed by atoms with Crippen molar-refractivity contribution in [1.29, 1.82) is 0 Å². The quantitative estimate of drug-likeness (QED) is 0.419. The minimum Gasteiger partial charge on any atom is -0.480 e. The molecular weight excluding hydrogens is 496 g/mol. The Kier molecular flexibility index (Phi) is 6.62. The molecule has 5 rings (SSSR count). The van der Waals surface area contributed by atoms with Crippen LogP contribution < -0.4 is 21.1 Å². The molecule has 0 radical (unpaired) electrons. The van der Waals surface area contributed by atoms with Crippen LogP contribution in [0.1, 0.15) is 22.3 Å². The lowest BCUT2D eigenvalue weighted by atomic mass is 10.1. The third-order valence-corrected chi connectivity index (χ3v) is 6.79. The number of aromatic nitrogens is 4. The van der Waals surface area contributed by atoms with Gasteiger partial charge < -0.3 is 21.1 Å². The van der Waals surface area contributed by atoms with Gasteiger partial charge in [-0.15, -0.1) is 0 Å². The molecule has 3 atom stereocenters. The van der Waals surface area contributed by atoms with Gasteiger partial charge in [0, 0.05) is 31.4 Å². The summed E-state index contributed by atoms with van der Waals surface area (Å²) in [5, 5.41) is 9.91. The first-order valence-corrected chi connectivity index (χ1v) is 11.8. The van der Waals surface area contributed by atoms with Gasteiger partial charge in [-0.1, -0.05) is 0 Å². The molecular formula is C23H26F4N8O2. The number of ether oxygens (including phenoxy) is 1. The monoisotopic (exact) mass is 522 g/mol. The van der Waals surface area contributed by atoms with Gasteiger partial charge in [0.15, 0.2) is 5.82 Å². The van der Waals surface area contributed by atoms with E-state index in [1.807, 2.05) is 4.90 Å². The van der Waals surface area contributed by atoms with Gasteiger partial charge in [0.1, 0.15) is 23.6 Å². The van der Waals surface area contributed by atoms with Gasteiger partial charge in [-0.3, -0.25) is 9.69 Å². The predicted molar refractivity (Wildman–Crippen MR) is 126 cm³/mol. The first-order chi connectivity index (χ1) is 17.7. The SMILES string of the molecule is COc1ncc(-c2cc(C(F)(F)F)c3c(N)ncnn23)cc1C(=O)NC1CN(CC2CCNC2)CC1F. The zero-order valence-electron chi connectivity index (χ0n) is 19.9. The normalized spacial score (nSPS) is 22.6. The number of pyridine rings is 1. The fourth-order valence-corrected chi connectivity index (χ4v) is 5.01. The molecule has 10 nitrogen and oxygen atoms in total. The van der Waals surface area contributed by atoms with E-state index in [1.54, 1.807) is 0 Å². The van der Waals surface area contributed by atoms with E-state index in [4.69, 9.17) is 10.5 Å².